The third kappa shape index (κ3) is 3.62. The van der Waals surface area contributed by atoms with Crippen LogP contribution in [0.2, 0.25) is 0 Å². The number of nitrogens with two attached hydrogens (primary N) is 1. The largest absolute Gasteiger partial charge is 0.497 e. The molecule has 0 radical (unpaired) electrons. The van der Waals surface area contributed by atoms with Crippen LogP contribution in [0.1, 0.15) is 25.7 Å². The molecule has 1 saturated heterocycles. The minimum absolute atomic E-state index is 0.0404. The number of rotatable bonds is 6. The predicted octanol–water partition coefficient (Wildman–Crippen LogP) is 1.30. The molecule has 1 aliphatic heterocycles. The Morgan fingerprint density at radius 1 is 1.19 bits per heavy atom. The van der Waals surface area contributed by atoms with Crippen molar-refractivity contribution in [2.45, 2.75) is 31.7 Å². The van der Waals surface area contributed by atoms with Crippen LogP contribution in [0.3, 0.4) is 0 Å². The van der Waals surface area contributed by atoms with Crippen LogP contribution in [-0.2, 0) is 9.59 Å². The van der Waals surface area contributed by atoms with Gasteiger partial charge in [0.25, 0.3) is 0 Å². The van der Waals surface area contributed by atoms with Gasteiger partial charge in [-0.2, -0.15) is 0 Å². The minimum atomic E-state index is -0.487. The van der Waals surface area contributed by atoms with E-state index in [4.69, 9.17) is 15.2 Å². The number of amides is 2. The van der Waals surface area contributed by atoms with Gasteiger partial charge in [0.2, 0.25) is 11.8 Å². The fourth-order valence-corrected chi connectivity index (χ4v) is 3.96. The summed E-state index contributed by atoms with van der Waals surface area (Å²) in [5, 5.41) is 2.94. The van der Waals surface area contributed by atoms with E-state index in [2.05, 4.69) is 5.32 Å². The summed E-state index contributed by atoms with van der Waals surface area (Å²) in [6, 6.07) is 4.87. The molecule has 7 nitrogen and oxygen atoms in total. The van der Waals surface area contributed by atoms with E-state index < -0.39 is 6.04 Å². The van der Waals surface area contributed by atoms with Crippen molar-refractivity contribution in [2.24, 2.45) is 17.6 Å². The smallest absolute Gasteiger partial charge is 0.249 e. The number of nitrogens with zero attached hydrogens (tertiary/aromatic N) is 1. The summed E-state index contributed by atoms with van der Waals surface area (Å²) in [5.41, 5.74) is 6.48. The molecule has 1 aromatic carbocycles. The molecule has 1 aliphatic carbocycles. The molecule has 0 spiro atoms. The molecule has 3 atom stereocenters. The number of ether oxygens (including phenoxy) is 2. The fourth-order valence-electron chi connectivity index (χ4n) is 3.96. The number of carbonyl (C=O) groups excluding carboxylic acids is 2. The zero-order valence-electron chi connectivity index (χ0n) is 15.4. The first-order chi connectivity index (χ1) is 12.6. The number of hydrogen-bond donors (Lipinski definition) is 2. The topological polar surface area (TPSA) is 93.9 Å². The van der Waals surface area contributed by atoms with Gasteiger partial charge in [0, 0.05) is 30.7 Å². The molecule has 1 saturated carbocycles. The first-order valence-electron chi connectivity index (χ1n) is 9.12. The molecule has 142 valence electrons. The maximum atomic E-state index is 12.8. The van der Waals surface area contributed by atoms with Crippen molar-refractivity contribution in [1.82, 2.24) is 5.32 Å². The van der Waals surface area contributed by atoms with Gasteiger partial charge < -0.3 is 25.4 Å². The maximum Gasteiger partial charge on any atom is 0.249 e. The van der Waals surface area contributed by atoms with E-state index in [9.17, 15) is 9.59 Å². The summed E-state index contributed by atoms with van der Waals surface area (Å²) in [6.07, 6.45) is 3.45. The molecule has 0 aromatic heterocycles. The number of carbonyl (C=O) groups is 2. The van der Waals surface area contributed by atoms with Crippen molar-refractivity contribution in [3.05, 3.63) is 18.2 Å². The third-order valence-electron chi connectivity index (χ3n) is 5.47. The van der Waals surface area contributed by atoms with E-state index in [1.165, 1.54) is 0 Å². The zero-order valence-corrected chi connectivity index (χ0v) is 15.4. The van der Waals surface area contributed by atoms with Crippen LogP contribution in [0.5, 0.6) is 11.5 Å². The summed E-state index contributed by atoms with van der Waals surface area (Å²) < 4.78 is 10.6. The number of hydrogen-bond acceptors (Lipinski definition) is 5. The van der Waals surface area contributed by atoms with Crippen LogP contribution in [0, 0.1) is 11.8 Å². The summed E-state index contributed by atoms with van der Waals surface area (Å²) in [7, 11) is 3.14. The summed E-state index contributed by atoms with van der Waals surface area (Å²) in [6.45, 7) is 1.07. The Morgan fingerprint density at radius 3 is 2.50 bits per heavy atom. The van der Waals surface area contributed by atoms with E-state index in [1.807, 2.05) is 0 Å². The van der Waals surface area contributed by atoms with Crippen molar-refractivity contribution in [1.29, 1.82) is 0 Å². The van der Waals surface area contributed by atoms with Gasteiger partial charge in [-0.25, -0.2) is 0 Å². The van der Waals surface area contributed by atoms with E-state index in [0.29, 0.717) is 36.7 Å². The number of methoxy groups -OCH3 is 2. The second kappa shape index (κ2) is 7.95. The molecule has 1 aromatic rings. The number of anilines is 1. The average molecular weight is 361 g/mol. The van der Waals surface area contributed by atoms with Gasteiger partial charge in [-0.1, -0.05) is 6.42 Å². The Morgan fingerprint density at radius 2 is 1.88 bits per heavy atom. The fraction of sp³-hybridized carbons (Fsp3) is 0.579. The molecule has 0 bridgehead atoms. The van der Waals surface area contributed by atoms with Gasteiger partial charge >= 0.3 is 0 Å². The van der Waals surface area contributed by atoms with Crippen LogP contribution in [0.15, 0.2) is 18.2 Å². The lowest BCUT2D eigenvalue weighted by Crippen LogP contribution is -2.45. The average Bonchev–Trinajstić information content (AvgIpc) is 3.28. The van der Waals surface area contributed by atoms with Crippen molar-refractivity contribution in [2.75, 3.05) is 32.2 Å². The van der Waals surface area contributed by atoms with Crippen LogP contribution >= 0.6 is 0 Å². The molecule has 7 heteroatoms. The standard InChI is InChI=1S/C19H27N3O4/c1-25-14-8-13(9-15(10-14)26-2)22-7-6-17(19(22)24)21-18(23)16-5-3-4-12(16)11-20/h8-10,12,16-17H,3-7,11,20H2,1-2H3,(H,21,23)/t12-,16-,17?/m1/s1. The quantitative estimate of drug-likeness (QED) is 0.797. The summed E-state index contributed by atoms with van der Waals surface area (Å²) >= 11 is 0. The van der Waals surface area contributed by atoms with Gasteiger partial charge in [-0.3, -0.25) is 9.59 Å². The van der Waals surface area contributed by atoms with E-state index >= 15 is 0 Å². The van der Waals surface area contributed by atoms with E-state index in [-0.39, 0.29) is 23.7 Å². The van der Waals surface area contributed by atoms with Gasteiger partial charge in [0.1, 0.15) is 17.5 Å². The Labute approximate surface area is 153 Å². The molecule has 1 heterocycles. The van der Waals surface area contributed by atoms with Crippen molar-refractivity contribution >= 4 is 17.5 Å². The Balaban J connectivity index is 1.69. The van der Waals surface area contributed by atoms with Gasteiger partial charge in [0.05, 0.1) is 19.9 Å². The normalized spacial score (nSPS) is 25.4. The zero-order chi connectivity index (χ0) is 18.7. The highest BCUT2D eigenvalue weighted by molar-refractivity contribution is 6.01. The second-order valence-electron chi connectivity index (χ2n) is 6.94. The Hall–Kier alpha value is -2.28. The number of benzene rings is 1. The van der Waals surface area contributed by atoms with E-state index in [1.54, 1.807) is 37.3 Å². The molecule has 3 N–H and O–H groups in total. The molecular formula is C19H27N3O4. The first-order valence-corrected chi connectivity index (χ1v) is 9.12. The van der Waals surface area contributed by atoms with Crippen LogP contribution in [0.25, 0.3) is 0 Å². The highest BCUT2D eigenvalue weighted by Crippen LogP contribution is 2.33. The Bertz CT molecular complexity index is 656. The van der Waals surface area contributed by atoms with Crippen molar-refractivity contribution in [3.8, 4) is 11.5 Å². The molecule has 26 heavy (non-hydrogen) atoms. The first kappa shape index (κ1) is 18.5. The third-order valence-corrected chi connectivity index (χ3v) is 5.47. The molecule has 2 amide bonds. The molecular weight excluding hydrogens is 334 g/mol. The summed E-state index contributed by atoms with van der Waals surface area (Å²) in [5.74, 6) is 1.26. The van der Waals surface area contributed by atoms with Crippen molar-refractivity contribution < 1.29 is 19.1 Å². The van der Waals surface area contributed by atoms with Crippen LogP contribution < -0.4 is 25.4 Å². The molecule has 1 unspecified atom stereocenters. The number of nitrogens with one attached hydrogen (secondary N) is 1. The Kier molecular flexibility index (Phi) is 5.66. The molecule has 2 fully saturated rings. The lowest BCUT2D eigenvalue weighted by molar-refractivity contribution is -0.129. The van der Waals surface area contributed by atoms with Gasteiger partial charge in [-0.15, -0.1) is 0 Å². The lowest BCUT2D eigenvalue weighted by atomic mass is 9.95. The highest BCUT2D eigenvalue weighted by Gasteiger charge is 2.38. The van der Waals surface area contributed by atoms with Crippen LogP contribution in [0.4, 0.5) is 5.69 Å². The lowest BCUT2D eigenvalue weighted by Gasteiger charge is -2.21. The highest BCUT2D eigenvalue weighted by atomic mass is 16.5. The van der Waals surface area contributed by atoms with Gasteiger partial charge in [0.15, 0.2) is 0 Å². The molecule has 2 aliphatic rings. The monoisotopic (exact) mass is 361 g/mol. The minimum Gasteiger partial charge on any atom is -0.497 e. The van der Waals surface area contributed by atoms with Crippen LogP contribution in [-0.4, -0.2) is 45.2 Å². The summed E-state index contributed by atoms with van der Waals surface area (Å²) in [4.78, 5) is 27.1. The van der Waals surface area contributed by atoms with Crippen molar-refractivity contribution in [3.63, 3.8) is 0 Å². The predicted molar refractivity (Wildman–Crippen MR) is 98.3 cm³/mol. The van der Waals surface area contributed by atoms with E-state index in [0.717, 1.165) is 19.3 Å². The maximum absolute atomic E-state index is 12.8. The van der Waals surface area contributed by atoms with Gasteiger partial charge in [-0.05, 0) is 31.7 Å². The molecule has 3 rings (SSSR count). The second-order valence-corrected chi connectivity index (χ2v) is 6.94. The SMILES string of the molecule is COc1cc(OC)cc(N2CCC(NC(=O)[C@@H]3CCC[C@@H]3CN)C2=O)c1.